The molecular weight excluding hydrogens is 362 g/mol. The largest absolute Gasteiger partial charge is 0.352 e. The molecule has 0 unspecified atom stereocenters. The van der Waals surface area contributed by atoms with Gasteiger partial charge >= 0.3 is 0 Å². The highest BCUT2D eigenvalue weighted by atomic mass is 16.2. The lowest BCUT2D eigenvalue weighted by molar-refractivity contribution is -0.115. The lowest BCUT2D eigenvalue weighted by atomic mass is 9.83. The number of rotatable bonds is 6. The van der Waals surface area contributed by atoms with E-state index in [1.165, 1.54) is 22.3 Å². The third kappa shape index (κ3) is 6.18. The molecule has 2 amide bonds. The van der Waals surface area contributed by atoms with Crippen LogP contribution in [0, 0.1) is 25.2 Å². The second-order valence-electron chi connectivity index (χ2n) is 8.30. The van der Waals surface area contributed by atoms with Crippen LogP contribution in [0.3, 0.4) is 0 Å². The molecule has 0 aliphatic carbocycles. The van der Waals surface area contributed by atoms with Gasteiger partial charge in [-0.2, -0.15) is 5.26 Å². The normalized spacial score (nSPS) is 10.9. The van der Waals surface area contributed by atoms with Crippen LogP contribution in [0.4, 0.5) is 5.69 Å². The minimum absolute atomic E-state index is 0.114. The van der Waals surface area contributed by atoms with Crippen molar-refractivity contribution in [2.24, 2.45) is 0 Å². The monoisotopic (exact) mass is 391 g/mol. The highest BCUT2D eigenvalue weighted by Gasteiger charge is 2.16. The maximum absolute atomic E-state index is 12.4. The number of amides is 2. The predicted molar refractivity (Wildman–Crippen MR) is 116 cm³/mol. The van der Waals surface area contributed by atoms with Gasteiger partial charge in [0.15, 0.2) is 0 Å². The molecule has 2 rings (SSSR count). The summed E-state index contributed by atoms with van der Waals surface area (Å²) in [5, 5.41) is 14.1. The molecule has 0 fully saturated rings. The molecule has 0 atom stereocenters. The molecule has 0 heterocycles. The van der Waals surface area contributed by atoms with Crippen LogP contribution in [0.2, 0.25) is 0 Å². The fourth-order valence-corrected chi connectivity index (χ4v) is 3.21. The highest BCUT2D eigenvalue weighted by Crippen LogP contribution is 2.27. The molecule has 0 aliphatic rings. The molecule has 152 valence electrons. The van der Waals surface area contributed by atoms with Crippen LogP contribution in [-0.2, 0) is 16.6 Å². The number of hydrogen-bond donors (Lipinski definition) is 2. The first-order valence-corrected chi connectivity index (χ1v) is 9.77. The predicted octanol–water partition coefficient (Wildman–Crippen LogP) is 4.43. The van der Waals surface area contributed by atoms with Crippen LogP contribution in [-0.4, -0.2) is 18.4 Å². The Labute approximate surface area is 173 Å². The summed E-state index contributed by atoms with van der Waals surface area (Å²) in [7, 11) is 0. The first kappa shape index (κ1) is 22.2. The molecule has 0 aliphatic heterocycles. The van der Waals surface area contributed by atoms with E-state index in [2.05, 4.69) is 57.4 Å². The van der Waals surface area contributed by atoms with Crippen molar-refractivity contribution in [3.63, 3.8) is 0 Å². The third-order valence-electron chi connectivity index (χ3n) is 4.89. The smallest absolute Gasteiger partial charge is 0.251 e. The van der Waals surface area contributed by atoms with E-state index in [1.54, 1.807) is 30.3 Å². The lowest BCUT2D eigenvalue weighted by Crippen LogP contribution is -2.26. The Morgan fingerprint density at radius 2 is 1.62 bits per heavy atom. The summed E-state index contributed by atoms with van der Waals surface area (Å²) in [5.41, 5.74) is 6.30. The molecule has 0 saturated carbocycles. The first-order valence-electron chi connectivity index (χ1n) is 9.77. The Kier molecular flexibility index (Phi) is 7.17. The van der Waals surface area contributed by atoms with Crippen molar-refractivity contribution in [3.05, 3.63) is 64.2 Å². The van der Waals surface area contributed by atoms with Gasteiger partial charge in [-0.05, 0) is 72.2 Å². The van der Waals surface area contributed by atoms with Gasteiger partial charge in [0.25, 0.3) is 5.91 Å². The van der Waals surface area contributed by atoms with E-state index < -0.39 is 0 Å². The van der Waals surface area contributed by atoms with Crippen LogP contribution in [0.1, 0.15) is 59.8 Å². The maximum atomic E-state index is 12.4. The van der Waals surface area contributed by atoms with Gasteiger partial charge in [0.05, 0.1) is 6.07 Å². The minimum Gasteiger partial charge on any atom is -0.352 e. The summed E-state index contributed by atoms with van der Waals surface area (Å²) in [6, 6.07) is 12.9. The summed E-state index contributed by atoms with van der Waals surface area (Å²) in [6.45, 7) is 11.4. The van der Waals surface area contributed by atoms with E-state index in [1.807, 2.05) is 0 Å². The molecular formula is C24H29N3O2. The van der Waals surface area contributed by atoms with Crippen molar-refractivity contribution >= 4 is 17.5 Å². The Morgan fingerprint density at radius 1 is 1.03 bits per heavy atom. The van der Waals surface area contributed by atoms with Crippen molar-refractivity contribution in [1.82, 2.24) is 5.32 Å². The van der Waals surface area contributed by atoms with Crippen molar-refractivity contribution in [2.45, 2.75) is 52.9 Å². The van der Waals surface area contributed by atoms with E-state index in [0.717, 1.165) is 6.42 Å². The summed E-state index contributed by atoms with van der Waals surface area (Å²) in [6.07, 6.45) is 0.577. The van der Waals surface area contributed by atoms with Crippen LogP contribution in [0.15, 0.2) is 36.4 Å². The van der Waals surface area contributed by atoms with E-state index in [4.69, 9.17) is 5.26 Å². The number of hydrogen-bond acceptors (Lipinski definition) is 3. The van der Waals surface area contributed by atoms with Crippen LogP contribution >= 0.6 is 0 Å². The maximum Gasteiger partial charge on any atom is 0.251 e. The molecule has 5 nitrogen and oxygen atoms in total. The number of nitrogens with one attached hydrogen (secondary N) is 2. The van der Waals surface area contributed by atoms with Gasteiger partial charge in [-0.3, -0.25) is 9.59 Å². The lowest BCUT2D eigenvalue weighted by Gasteiger charge is -2.22. The Bertz CT molecular complexity index is 909. The first-order chi connectivity index (χ1) is 13.6. The number of aryl methyl sites for hydroxylation is 2. The highest BCUT2D eigenvalue weighted by molar-refractivity contribution is 5.96. The van der Waals surface area contributed by atoms with Crippen LogP contribution in [0.5, 0.6) is 0 Å². The molecule has 0 bridgehead atoms. The Hall–Kier alpha value is -3.13. The molecule has 29 heavy (non-hydrogen) atoms. The number of benzene rings is 2. The van der Waals surface area contributed by atoms with E-state index in [-0.39, 0.29) is 23.7 Å². The topological polar surface area (TPSA) is 82.0 Å². The van der Waals surface area contributed by atoms with Crippen molar-refractivity contribution in [1.29, 1.82) is 5.26 Å². The van der Waals surface area contributed by atoms with Gasteiger partial charge in [-0.15, -0.1) is 0 Å². The molecule has 0 radical (unpaired) electrons. The Balaban J connectivity index is 1.95. The average molecular weight is 392 g/mol. The zero-order valence-corrected chi connectivity index (χ0v) is 17.8. The molecule has 2 N–H and O–H groups in total. The van der Waals surface area contributed by atoms with Gasteiger partial charge in [0, 0.05) is 17.8 Å². The van der Waals surface area contributed by atoms with Crippen molar-refractivity contribution < 1.29 is 9.59 Å². The standard InChI is InChI=1S/C24H29N3O2/c1-16-14-19(24(3,4)5)15-17(2)21(16)11-13-26-23(29)18-6-8-20(9-7-18)27-22(28)10-12-25/h6-9,14-15H,10-11,13H2,1-5H3,(H,26,29)(H,27,28). The number of nitrogens with zero attached hydrogens (tertiary/aromatic N) is 1. The molecule has 0 spiro atoms. The number of nitriles is 1. The third-order valence-corrected chi connectivity index (χ3v) is 4.89. The summed E-state index contributed by atoms with van der Waals surface area (Å²) >= 11 is 0. The molecule has 0 aromatic heterocycles. The van der Waals surface area contributed by atoms with E-state index >= 15 is 0 Å². The van der Waals surface area contributed by atoms with Gasteiger partial charge < -0.3 is 10.6 Å². The van der Waals surface area contributed by atoms with E-state index in [9.17, 15) is 9.59 Å². The quantitative estimate of drug-likeness (QED) is 0.764. The Morgan fingerprint density at radius 3 is 2.14 bits per heavy atom. The SMILES string of the molecule is Cc1cc(C(C)(C)C)cc(C)c1CCNC(=O)c1ccc(NC(=O)CC#N)cc1. The van der Waals surface area contributed by atoms with Gasteiger partial charge in [-0.25, -0.2) is 0 Å². The zero-order valence-electron chi connectivity index (χ0n) is 17.8. The second kappa shape index (κ2) is 9.38. The second-order valence-corrected chi connectivity index (χ2v) is 8.30. The summed E-state index contributed by atoms with van der Waals surface area (Å²) < 4.78 is 0. The van der Waals surface area contributed by atoms with Crippen LogP contribution in [0.25, 0.3) is 0 Å². The summed E-state index contributed by atoms with van der Waals surface area (Å²) in [4.78, 5) is 23.8. The minimum atomic E-state index is -0.368. The molecule has 2 aromatic rings. The van der Waals surface area contributed by atoms with Crippen LogP contribution < -0.4 is 10.6 Å². The van der Waals surface area contributed by atoms with Gasteiger partial charge in [0.1, 0.15) is 6.42 Å². The average Bonchev–Trinajstić information content (AvgIpc) is 2.63. The fourth-order valence-electron chi connectivity index (χ4n) is 3.21. The van der Waals surface area contributed by atoms with Crippen molar-refractivity contribution in [3.8, 4) is 6.07 Å². The molecule has 0 saturated heterocycles. The zero-order chi connectivity index (χ0) is 21.6. The number of carbonyl (C=O) groups is 2. The van der Waals surface area contributed by atoms with E-state index in [0.29, 0.717) is 17.8 Å². The number of anilines is 1. The number of carbonyl (C=O) groups excluding carboxylic acids is 2. The molecule has 5 heteroatoms. The fraction of sp³-hybridized carbons (Fsp3) is 0.375. The van der Waals surface area contributed by atoms with Gasteiger partial charge in [-0.1, -0.05) is 32.9 Å². The van der Waals surface area contributed by atoms with Gasteiger partial charge in [0.2, 0.25) is 5.91 Å². The summed E-state index contributed by atoms with van der Waals surface area (Å²) in [5.74, 6) is -0.519. The van der Waals surface area contributed by atoms with Crippen molar-refractivity contribution in [2.75, 3.05) is 11.9 Å². The molecule has 2 aromatic carbocycles.